The number of hydrogen-bond acceptors (Lipinski definition) is 4. The first-order valence-corrected chi connectivity index (χ1v) is 8.26. The minimum absolute atomic E-state index is 0.0532. The van der Waals surface area contributed by atoms with Gasteiger partial charge in [0, 0.05) is 6.54 Å². The summed E-state index contributed by atoms with van der Waals surface area (Å²) < 4.78 is 5.83. The number of aromatic nitrogens is 1. The molecule has 0 saturated heterocycles. The summed E-state index contributed by atoms with van der Waals surface area (Å²) in [5.41, 5.74) is 6.09. The molecule has 0 atom stereocenters. The summed E-state index contributed by atoms with van der Waals surface area (Å²) in [4.78, 5) is 16.7. The summed E-state index contributed by atoms with van der Waals surface area (Å²) in [6, 6.07) is 4.21. The van der Waals surface area contributed by atoms with Crippen LogP contribution in [0.25, 0.3) is 0 Å². The smallest absolute Gasteiger partial charge is 0.263 e. The third-order valence-electron chi connectivity index (χ3n) is 3.58. The second kappa shape index (κ2) is 7.40. The molecular weight excluding hydrogens is 296 g/mol. The highest BCUT2D eigenvalue weighted by atomic mass is 32.1. The molecule has 1 aromatic carbocycles. The molecular formula is C17H22N2O2S. The Kier molecular flexibility index (Phi) is 5.55. The van der Waals surface area contributed by atoms with Crippen molar-refractivity contribution in [3.8, 4) is 5.75 Å². The lowest BCUT2D eigenvalue weighted by atomic mass is 10.1. The predicted molar refractivity (Wildman–Crippen MR) is 89.9 cm³/mol. The molecule has 0 aliphatic rings. The van der Waals surface area contributed by atoms with Crippen molar-refractivity contribution in [1.29, 1.82) is 0 Å². The third kappa shape index (κ3) is 4.07. The van der Waals surface area contributed by atoms with E-state index in [1.807, 2.05) is 6.92 Å². The van der Waals surface area contributed by atoms with Gasteiger partial charge in [0.25, 0.3) is 5.91 Å². The molecule has 1 N–H and O–H groups in total. The maximum absolute atomic E-state index is 11.9. The summed E-state index contributed by atoms with van der Waals surface area (Å²) in [5.74, 6) is 0.879. The van der Waals surface area contributed by atoms with E-state index in [2.05, 4.69) is 43.2 Å². The lowest BCUT2D eigenvalue weighted by Crippen LogP contribution is -2.25. The van der Waals surface area contributed by atoms with Gasteiger partial charge in [-0.3, -0.25) is 4.79 Å². The van der Waals surface area contributed by atoms with Gasteiger partial charge in [0.1, 0.15) is 10.6 Å². The molecule has 2 rings (SSSR count). The Hall–Kier alpha value is -1.88. The zero-order valence-corrected chi connectivity index (χ0v) is 14.3. The second-order valence-electron chi connectivity index (χ2n) is 5.43. The van der Waals surface area contributed by atoms with Gasteiger partial charge < -0.3 is 10.1 Å². The molecule has 0 unspecified atom stereocenters. The van der Waals surface area contributed by atoms with Crippen molar-refractivity contribution in [2.24, 2.45) is 0 Å². The zero-order valence-electron chi connectivity index (χ0n) is 13.5. The highest BCUT2D eigenvalue weighted by Gasteiger charge is 2.10. The van der Waals surface area contributed by atoms with Crippen LogP contribution in [0.15, 0.2) is 17.6 Å². The molecule has 0 radical (unpaired) electrons. The predicted octanol–water partition coefficient (Wildman–Crippen LogP) is 3.58. The number of carbonyl (C=O) groups excluding carboxylic acids is 1. The zero-order chi connectivity index (χ0) is 16.1. The molecule has 1 aromatic heterocycles. The van der Waals surface area contributed by atoms with Crippen molar-refractivity contribution in [2.75, 3.05) is 13.2 Å². The molecule has 0 bridgehead atoms. The lowest BCUT2D eigenvalue weighted by molar-refractivity contribution is 0.0955. The second-order valence-corrected chi connectivity index (χ2v) is 6.28. The van der Waals surface area contributed by atoms with Crippen molar-refractivity contribution in [3.05, 3.63) is 44.9 Å². The number of carbonyl (C=O) groups is 1. The molecule has 0 fully saturated rings. The first-order chi connectivity index (χ1) is 10.5. The van der Waals surface area contributed by atoms with Crippen LogP contribution in [0.1, 0.15) is 38.5 Å². The molecule has 5 heteroatoms. The van der Waals surface area contributed by atoms with Gasteiger partial charge in [-0.2, -0.15) is 0 Å². The van der Waals surface area contributed by atoms with Gasteiger partial charge in [0.15, 0.2) is 0 Å². The lowest BCUT2D eigenvalue weighted by Gasteiger charge is -2.12. The van der Waals surface area contributed by atoms with E-state index < -0.39 is 0 Å². The largest absolute Gasteiger partial charge is 0.493 e. The number of benzene rings is 1. The Morgan fingerprint density at radius 3 is 2.73 bits per heavy atom. The van der Waals surface area contributed by atoms with Crippen LogP contribution in [-0.4, -0.2) is 24.0 Å². The van der Waals surface area contributed by atoms with Gasteiger partial charge in [-0.05, 0) is 56.9 Å². The first-order valence-electron chi connectivity index (χ1n) is 7.38. The molecule has 0 aliphatic heterocycles. The van der Waals surface area contributed by atoms with Crippen LogP contribution in [0.4, 0.5) is 0 Å². The SMILES string of the molecule is Cc1cc(C)c(C)c(OCCCNC(=O)c2scnc2C)c1. The number of thiazole rings is 1. The van der Waals surface area contributed by atoms with E-state index >= 15 is 0 Å². The fraction of sp³-hybridized carbons (Fsp3) is 0.412. The van der Waals surface area contributed by atoms with Gasteiger partial charge in [-0.1, -0.05) is 6.07 Å². The van der Waals surface area contributed by atoms with E-state index in [-0.39, 0.29) is 5.91 Å². The highest BCUT2D eigenvalue weighted by molar-refractivity contribution is 7.11. The highest BCUT2D eigenvalue weighted by Crippen LogP contribution is 2.23. The monoisotopic (exact) mass is 318 g/mol. The van der Waals surface area contributed by atoms with Crippen LogP contribution in [0.2, 0.25) is 0 Å². The number of hydrogen-bond donors (Lipinski definition) is 1. The summed E-state index contributed by atoms with van der Waals surface area (Å²) in [5, 5.41) is 2.90. The Balaban J connectivity index is 1.76. The average molecular weight is 318 g/mol. The van der Waals surface area contributed by atoms with Gasteiger partial charge in [0.05, 0.1) is 17.8 Å². The van der Waals surface area contributed by atoms with Gasteiger partial charge >= 0.3 is 0 Å². The molecule has 1 amide bonds. The maximum Gasteiger partial charge on any atom is 0.263 e. The van der Waals surface area contributed by atoms with Crippen LogP contribution < -0.4 is 10.1 Å². The van der Waals surface area contributed by atoms with Crippen molar-refractivity contribution >= 4 is 17.2 Å². The Labute approximate surface area is 135 Å². The van der Waals surface area contributed by atoms with Crippen LogP contribution in [-0.2, 0) is 0 Å². The van der Waals surface area contributed by atoms with Gasteiger partial charge in [-0.15, -0.1) is 11.3 Å². The van der Waals surface area contributed by atoms with E-state index in [0.29, 0.717) is 18.0 Å². The van der Waals surface area contributed by atoms with E-state index in [4.69, 9.17) is 4.74 Å². The molecule has 4 nitrogen and oxygen atoms in total. The van der Waals surface area contributed by atoms with Crippen LogP contribution in [0.3, 0.4) is 0 Å². The molecule has 0 spiro atoms. The van der Waals surface area contributed by atoms with Crippen LogP contribution in [0.5, 0.6) is 5.75 Å². The summed E-state index contributed by atoms with van der Waals surface area (Å²) in [6.07, 6.45) is 0.774. The number of rotatable bonds is 6. The summed E-state index contributed by atoms with van der Waals surface area (Å²) >= 11 is 1.37. The van der Waals surface area contributed by atoms with Crippen molar-refractivity contribution in [1.82, 2.24) is 10.3 Å². The Morgan fingerprint density at radius 1 is 1.27 bits per heavy atom. The molecule has 22 heavy (non-hydrogen) atoms. The number of aryl methyl sites for hydroxylation is 3. The number of nitrogens with one attached hydrogen (secondary N) is 1. The minimum atomic E-state index is -0.0532. The first kappa shape index (κ1) is 16.5. The average Bonchev–Trinajstić information content (AvgIpc) is 2.89. The number of ether oxygens (including phenoxy) is 1. The number of amides is 1. The van der Waals surface area contributed by atoms with Crippen molar-refractivity contribution < 1.29 is 9.53 Å². The van der Waals surface area contributed by atoms with E-state index in [0.717, 1.165) is 17.9 Å². The third-order valence-corrected chi connectivity index (χ3v) is 4.51. The van der Waals surface area contributed by atoms with Crippen molar-refractivity contribution in [3.63, 3.8) is 0 Å². The standard InChI is InChI=1S/C17H22N2O2S/c1-11-8-12(2)13(3)15(9-11)21-7-5-6-18-17(20)16-14(4)19-10-22-16/h8-10H,5-7H2,1-4H3,(H,18,20). The maximum atomic E-state index is 11.9. The van der Waals surface area contributed by atoms with Gasteiger partial charge in [-0.25, -0.2) is 4.98 Å². The topological polar surface area (TPSA) is 51.2 Å². The summed E-state index contributed by atoms with van der Waals surface area (Å²) in [6.45, 7) is 9.26. The summed E-state index contributed by atoms with van der Waals surface area (Å²) in [7, 11) is 0. The normalized spacial score (nSPS) is 10.5. The fourth-order valence-electron chi connectivity index (χ4n) is 2.21. The van der Waals surface area contributed by atoms with E-state index in [1.54, 1.807) is 5.51 Å². The quantitative estimate of drug-likeness (QED) is 0.828. The van der Waals surface area contributed by atoms with Crippen molar-refractivity contribution in [2.45, 2.75) is 34.1 Å². The molecule has 118 valence electrons. The molecule has 0 saturated carbocycles. The van der Waals surface area contributed by atoms with E-state index in [9.17, 15) is 4.79 Å². The van der Waals surface area contributed by atoms with Crippen LogP contribution in [0, 0.1) is 27.7 Å². The van der Waals surface area contributed by atoms with Gasteiger partial charge in [0.2, 0.25) is 0 Å². The number of nitrogens with zero attached hydrogens (tertiary/aromatic N) is 1. The molecule has 0 aliphatic carbocycles. The fourth-order valence-corrected chi connectivity index (χ4v) is 2.93. The Morgan fingerprint density at radius 2 is 2.05 bits per heavy atom. The van der Waals surface area contributed by atoms with Crippen LogP contribution >= 0.6 is 11.3 Å². The molecule has 1 heterocycles. The molecule has 2 aromatic rings. The van der Waals surface area contributed by atoms with E-state index in [1.165, 1.54) is 28.0 Å². The Bertz CT molecular complexity index is 665. The minimum Gasteiger partial charge on any atom is -0.493 e.